The minimum atomic E-state index is -3.31. The Morgan fingerprint density at radius 3 is 1.88 bits per heavy atom. The summed E-state index contributed by atoms with van der Waals surface area (Å²) in [6, 6.07) is 7.17. The van der Waals surface area contributed by atoms with E-state index in [0.717, 1.165) is 5.56 Å². The van der Waals surface area contributed by atoms with Crippen molar-refractivity contribution < 1.29 is 8.42 Å². The maximum absolute atomic E-state index is 12.2. The minimum Gasteiger partial charge on any atom is -0.207 e. The summed E-state index contributed by atoms with van der Waals surface area (Å²) in [5.74, 6) is 0.417. The summed E-state index contributed by atoms with van der Waals surface area (Å²) in [5, 5.41) is 0. The number of benzene rings is 1. The molecule has 0 saturated heterocycles. The van der Waals surface area contributed by atoms with Crippen molar-refractivity contribution in [3.8, 4) is 0 Å². The summed E-state index contributed by atoms with van der Waals surface area (Å²) in [4.78, 5) is 0.380. The maximum atomic E-state index is 12.2. The highest BCUT2D eigenvalue weighted by Gasteiger charge is 2.21. The standard InChI is InChI=1S/C13H21NO2S/c1-5-14(6-2)17(15,16)13-9-7-12(8-10-13)11(3)4/h7-11H,5-6H2,1-4H3. The third-order valence-corrected chi connectivity index (χ3v) is 4.95. The molecule has 0 heterocycles. The minimum absolute atomic E-state index is 0.380. The molecule has 0 N–H and O–H groups in total. The van der Waals surface area contributed by atoms with E-state index in [2.05, 4.69) is 13.8 Å². The summed E-state index contributed by atoms with van der Waals surface area (Å²) in [7, 11) is -3.31. The Morgan fingerprint density at radius 2 is 1.53 bits per heavy atom. The Morgan fingerprint density at radius 1 is 1.06 bits per heavy atom. The fourth-order valence-electron chi connectivity index (χ4n) is 1.74. The van der Waals surface area contributed by atoms with E-state index in [0.29, 0.717) is 23.9 Å². The van der Waals surface area contributed by atoms with Crippen molar-refractivity contribution in [3.05, 3.63) is 29.8 Å². The van der Waals surface area contributed by atoms with Crippen LogP contribution in [0, 0.1) is 0 Å². The van der Waals surface area contributed by atoms with E-state index >= 15 is 0 Å². The van der Waals surface area contributed by atoms with Crippen LogP contribution >= 0.6 is 0 Å². The van der Waals surface area contributed by atoms with Gasteiger partial charge >= 0.3 is 0 Å². The molecule has 0 saturated carbocycles. The second-order valence-electron chi connectivity index (χ2n) is 4.31. The van der Waals surface area contributed by atoms with Gasteiger partial charge in [-0.3, -0.25) is 0 Å². The van der Waals surface area contributed by atoms with Gasteiger partial charge in [-0.05, 0) is 23.6 Å². The zero-order valence-electron chi connectivity index (χ0n) is 11.0. The lowest BCUT2D eigenvalue weighted by Crippen LogP contribution is -2.30. The van der Waals surface area contributed by atoms with Crippen molar-refractivity contribution in [3.63, 3.8) is 0 Å². The van der Waals surface area contributed by atoms with Crippen LogP contribution in [0.4, 0.5) is 0 Å². The molecule has 0 aromatic heterocycles. The van der Waals surface area contributed by atoms with Crippen molar-refractivity contribution >= 4 is 10.0 Å². The van der Waals surface area contributed by atoms with Crippen molar-refractivity contribution in [1.82, 2.24) is 4.31 Å². The largest absolute Gasteiger partial charge is 0.243 e. The van der Waals surface area contributed by atoms with Crippen LogP contribution in [0.25, 0.3) is 0 Å². The number of hydrogen-bond acceptors (Lipinski definition) is 2. The van der Waals surface area contributed by atoms with Gasteiger partial charge in [-0.15, -0.1) is 0 Å². The van der Waals surface area contributed by atoms with E-state index in [-0.39, 0.29) is 0 Å². The average Bonchev–Trinajstić information content (AvgIpc) is 2.30. The van der Waals surface area contributed by atoms with Gasteiger partial charge < -0.3 is 0 Å². The Balaban J connectivity index is 3.08. The van der Waals surface area contributed by atoms with Gasteiger partial charge in [-0.25, -0.2) is 8.42 Å². The van der Waals surface area contributed by atoms with E-state index in [1.807, 2.05) is 26.0 Å². The lowest BCUT2D eigenvalue weighted by Gasteiger charge is -2.18. The number of sulfonamides is 1. The highest BCUT2D eigenvalue weighted by atomic mass is 32.2. The molecule has 0 amide bonds. The van der Waals surface area contributed by atoms with Gasteiger partial charge in [0.05, 0.1) is 4.90 Å². The van der Waals surface area contributed by atoms with E-state index in [1.54, 1.807) is 12.1 Å². The van der Waals surface area contributed by atoms with Gasteiger partial charge in [0, 0.05) is 13.1 Å². The summed E-state index contributed by atoms with van der Waals surface area (Å²) in [6.07, 6.45) is 0. The molecule has 0 spiro atoms. The lowest BCUT2D eigenvalue weighted by atomic mass is 10.0. The number of rotatable bonds is 5. The molecule has 0 aliphatic rings. The first-order valence-corrected chi connectivity index (χ1v) is 7.47. The van der Waals surface area contributed by atoms with Crippen LogP contribution in [0.1, 0.15) is 39.2 Å². The molecule has 17 heavy (non-hydrogen) atoms. The second-order valence-corrected chi connectivity index (χ2v) is 6.25. The summed E-state index contributed by atoms with van der Waals surface area (Å²) >= 11 is 0. The molecule has 0 aliphatic carbocycles. The van der Waals surface area contributed by atoms with E-state index in [1.165, 1.54) is 4.31 Å². The molecule has 0 atom stereocenters. The molecule has 0 bridgehead atoms. The van der Waals surface area contributed by atoms with E-state index < -0.39 is 10.0 Å². The molecule has 0 radical (unpaired) electrons. The molecular weight excluding hydrogens is 234 g/mol. The zero-order valence-corrected chi connectivity index (χ0v) is 11.8. The second kappa shape index (κ2) is 5.65. The Kier molecular flexibility index (Phi) is 4.71. The maximum Gasteiger partial charge on any atom is 0.243 e. The van der Waals surface area contributed by atoms with Gasteiger partial charge in [0.1, 0.15) is 0 Å². The van der Waals surface area contributed by atoms with Gasteiger partial charge in [0.2, 0.25) is 10.0 Å². The Hall–Kier alpha value is -0.870. The molecule has 1 aromatic carbocycles. The quantitative estimate of drug-likeness (QED) is 0.811. The van der Waals surface area contributed by atoms with Gasteiger partial charge in [-0.1, -0.05) is 39.8 Å². The molecular formula is C13H21NO2S. The van der Waals surface area contributed by atoms with Gasteiger partial charge in [-0.2, -0.15) is 4.31 Å². The van der Waals surface area contributed by atoms with Crippen LogP contribution < -0.4 is 0 Å². The SMILES string of the molecule is CCN(CC)S(=O)(=O)c1ccc(C(C)C)cc1. The van der Waals surface area contributed by atoms with Crippen LogP contribution in [0.3, 0.4) is 0 Å². The Labute approximate surface area is 105 Å². The normalized spacial score (nSPS) is 12.4. The predicted octanol–water partition coefficient (Wildman–Crippen LogP) is 2.84. The molecule has 1 rings (SSSR count). The molecule has 1 aromatic rings. The number of nitrogens with zero attached hydrogens (tertiary/aromatic N) is 1. The van der Waals surface area contributed by atoms with Crippen molar-refractivity contribution in [1.29, 1.82) is 0 Å². The smallest absolute Gasteiger partial charge is 0.207 e. The van der Waals surface area contributed by atoms with E-state index in [4.69, 9.17) is 0 Å². The van der Waals surface area contributed by atoms with E-state index in [9.17, 15) is 8.42 Å². The summed E-state index contributed by atoms with van der Waals surface area (Å²) < 4.78 is 25.9. The van der Waals surface area contributed by atoms with Crippen LogP contribution in [0.5, 0.6) is 0 Å². The fourth-order valence-corrected chi connectivity index (χ4v) is 3.20. The van der Waals surface area contributed by atoms with Crippen LogP contribution in [-0.2, 0) is 10.0 Å². The number of hydrogen-bond donors (Lipinski definition) is 0. The molecule has 0 fully saturated rings. The van der Waals surface area contributed by atoms with Crippen molar-refractivity contribution in [2.75, 3.05) is 13.1 Å². The highest BCUT2D eigenvalue weighted by molar-refractivity contribution is 7.89. The molecule has 96 valence electrons. The highest BCUT2D eigenvalue weighted by Crippen LogP contribution is 2.19. The van der Waals surface area contributed by atoms with Gasteiger partial charge in [0.15, 0.2) is 0 Å². The topological polar surface area (TPSA) is 37.4 Å². The first kappa shape index (κ1) is 14.2. The van der Waals surface area contributed by atoms with Gasteiger partial charge in [0.25, 0.3) is 0 Å². The van der Waals surface area contributed by atoms with Crippen molar-refractivity contribution in [2.45, 2.75) is 38.5 Å². The molecule has 3 nitrogen and oxygen atoms in total. The average molecular weight is 255 g/mol. The first-order valence-electron chi connectivity index (χ1n) is 6.03. The monoisotopic (exact) mass is 255 g/mol. The van der Waals surface area contributed by atoms with Crippen molar-refractivity contribution in [2.24, 2.45) is 0 Å². The predicted molar refractivity (Wildman–Crippen MR) is 70.6 cm³/mol. The lowest BCUT2D eigenvalue weighted by molar-refractivity contribution is 0.445. The molecule has 0 unspecified atom stereocenters. The molecule has 4 heteroatoms. The zero-order chi connectivity index (χ0) is 13.1. The van der Waals surface area contributed by atoms with Crippen LogP contribution in [0.15, 0.2) is 29.2 Å². The first-order chi connectivity index (χ1) is 7.93. The molecule has 0 aliphatic heterocycles. The fraction of sp³-hybridized carbons (Fsp3) is 0.538. The van der Waals surface area contributed by atoms with Crippen LogP contribution in [0.2, 0.25) is 0 Å². The Bertz CT molecular complexity index is 445. The summed E-state index contributed by atoms with van der Waals surface area (Å²) in [5.41, 5.74) is 1.16. The van der Waals surface area contributed by atoms with Crippen LogP contribution in [-0.4, -0.2) is 25.8 Å². The third kappa shape index (κ3) is 3.07. The summed E-state index contributed by atoms with van der Waals surface area (Å²) in [6.45, 7) is 8.89. The third-order valence-electron chi connectivity index (χ3n) is 2.89.